The monoisotopic (exact) mass is 932 g/mol. The zero-order chi connectivity index (χ0) is 47.0. The summed E-state index contributed by atoms with van der Waals surface area (Å²) in [6, 6.07) is -0.752. The molecular formula is C37H62N2O21P2. The van der Waals surface area contributed by atoms with Crippen LogP contribution in [0.15, 0.2) is 25.3 Å². The van der Waals surface area contributed by atoms with Crippen molar-refractivity contribution in [1.29, 1.82) is 0 Å². The first-order valence-corrected chi connectivity index (χ1v) is 22.3. The van der Waals surface area contributed by atoms with Crippen molar-refractivity contribution in [3.63, 3.8) is 0 Å². The number of amides is 2. The molecular weight excluding hydrogens is 870 g/mol. The van der Waals surface area contributed by atoms with Gasteiger partial charge >= 0.3 is 45.6 Å². The number of rotatable bonds is 38. The van der Waals surface area contributed by atoms with E-state index in [0.29, 0.717) is 12.8 Å². The Hall–Kier alpha value is -3.89. The van der Waals surface area contributed by atoms with Crippen LogP contribution in [-0.4, -0.2) is 145 Å². The second-order valence-corrected chi connectivity index (χ2v) is 16.4. The van der Waals surface area contributed by atoms with Crippen molar-refractivity contribution in [2.45, 2.75) is 91.6 Å². The summed E-state index contributed by atoms with van der Waals surface area (Å²) in [5.41, 5.74) is 0. The van der Waals surface area contributed by atoms with Gasteiger partial charge in [-0.25, -0.2) is 13.9 Å². The van der Waals surface area contributed by atoms with Crippen LogP contribution in [0, 0.1) is 0 Å². The van der Waals surface area contributed by atoms with Crippen molar-refractivity contribution < 1.29 is 98.3 Å². The Morgan fingerprint density at radius 3 is 1.23 bits per heavy atom. The maximum absolute atomic E-state index is 13.3. The molecule has 0 fully saturated rings. The van der Waals surface area contributed by atoms with Crippen LogP contribution in [0.2, 0.25) is 0 Å². The highest BCUT2D eigenvalue weighted by Gasteiger charge is 2.31. The molecule has 356 valence electrons. The van der Waals surface area contributed by atoms with Crippen LogP contribution in [-0.2, 0) is 93.5 Å². The third kappa shape index (κ3) is 32.8. The van der Waals surface area contributed by atoms with E-state index in [-0.39, 0.29) is 52.7 Å². The zero-order valence-electron chi connectivity index (χ0n) is 36.2. The van der Waals surface area contributed by atoms with Gasteiger partial charge in [-0.1, -0.05) is 12.2 Å². The second kappa shape index (κ2) is 33.6. The Labute approximate surface area is 361 Å². The van der Waals surface area contributed by atoms with Crippen LogP contribution in [0.3, 0.4) is 0 Å². The number of urea groups is 1. The van der Waals surface area contributed by atoms with Crippen molar-refractivity contribution in [3.05, 3.63) is 25.3 Å². The van der Waals surface area contributed by atoms with Gasteiger partial charge in [0.05, 0.1) is 66.1 Å². The number of phosphoric ester groups is 2. The van der Waals surface area contributed by atoms with Crippen molar-refractivity contribution in [2.24, 2.45) is 0 Å². The number of ether oxygens (including phenoxy) is 6. The summed E-state index contributed by atoms with van der Waals surface area (Å²) in [5.74, 6) is -3.61. The number of hydrogen-bond donors (Lipinski definition) is 2. The summed E-state index contributed by atoms with van der Waals surface area (Å²) < 4.78 is 90.1. The van der Waals surface area contributed by atoms with Gasteiger partial charge in [0.2, 0.25) is 0 Å². The highest BCUT2D eigenvalue weighted by Crippen LogP contribution is 2.50. The molecule has 2 unspecified atom stereocenters. The largest absolute Gasteiger partial charge is 0.475 e. The molecule has 0 aromatic heterocycles. The third-order valence-electron chi connectivity index (χ3n) is 6.87. The van der Waals surface area contributed by atoms with E-state index in [1.54, 1.807) is 13.8 Å². The lowest BCUT2D eigenvalue weighted by Crippen LogP contribution is -2.38. The molecule has 0 aliphatic heterocycles. The molecule has 0 radical (unpaired) electrons. The van der Waals surface area contributed by atoms with Gasteiger partial charge < -0.3 is 39.1 Å². The fourth-order valence-electron chi connectivity index (χ4n) is 4.27. The number of esters is 4. The van der Waals surface area contributed by atoms with Crippen LogP contribution in [0.1, 0.15) is 67.2 Å². The number of hydrogen-bond acceptors (Lipinski definition) is 21. The summed E-state index contributed by atoms with van der Waals surface area (Å²) in [6.07, 6.45) is -1.10. The number of carbonyl (C=O) groups is 7. The number of nitrogens with one attached hydrogen (secondary N) is 2. The molecule has 2 N–H and O–H groups in total. The molecule has 0 aliphatic carbocycles. The van der Waals surface area contributed by atoms with Crippen molar-refractivity contribution in [2.75, 3.05) is 79.2 Å². The first-order chi connectivity index (χ1) is 29.2. The van der Waals surface area contributed by atoms with E-state index in [9.17, 15) is 42.7 Å². The van der Waals surface area contributed by atoms with Gasteiger partial charge in [-0.3, -0.25) is 55.9 Å². The Bertz CT molecular complexity index is 1420. The fraction of sp³-hybridized carbons (Fsp3) is 0.703. The standard InChI is InChI=1S/C37H62N2O21P2/c1-9-15-51-61(47,55-25-33(59-35(44)21-27(3)40)23-49-17-11-29(5)57-31(7)42)53-19-13-38-37(46)39-14-20-54-62(48,52-16-10-2)56-26-34(60-36(45)22-28(4)41)24-50-18-12-30(6)58-32(8)43/h9-10,29-30,33-34H,1-2,11-26H2,3-8H3,(H2,38,39,46)/t29-,30-,33-,34-,61?,62?/m1/s1. The van der Waals surface area contributed by atoms with Gasteiger partial charge in [-0.15, -0.1) is 13.2 Å². The summed E-state index contributed by atoms with van der Waals surface area (Å²) in [6.45, 7) is 12.0. The van der Waals surface area contributed by atoms with E-state index in [1.807, 2.05) is 0 Å². The molecule has 2 amide bonds. The molecule has 0 heterocycles. The molecule has 0 saturated carbocycles. The molecule has 6 atom stereocenters. The second-order valence-electron chi connectivity index (χ2n) is 13.1. The molecule has 0 spiro atoms. The first kappa shape index (κ1) is 58.1. The average molecular weight is 933 g/mol. The summed E-state index contributed by atoms with van der Waals surface area (Å²) in [5, 5.41) is 4.86. The lowest BCUT2D eigenvalue weighted by molar-refractivity contribution is -0.157. The normalized spacial score (nSPS) is 14.9. The lowest BCUT2D eigenvalue weighted by atomic mass is 10.3. The summed E-state index contributed by atoms with van der Waals surface area (Å²) in [7, 11) is -8.72. The molecule has 0 aliphatic rings. The lowest BCUT2D eigenvalue weighted by Gasteiger charge is -2.22. The molecule has 0 bridgehead atoms. The Morgan fingerprint density at radius 2 is 0.903 bits per heavy atom. The average Bonchev–Trinajstić information content (AvgIpc) is 3.16. The van der Waals surface area contributed by atoms with E-state index in [1.165, 1.54) is 39.8 Å². The van der Waals surface area contributed by atoms with Gasteiger partial charge in [-0.05, 0) is 27.7 Å². The smallest absolute Gasteiger partial charge is 0.463 e. The Kier molecular flexibility index (Phi) is 31.5. The predicted octanol–water partition coefficient (Wildman–Crippen LogP) is 3.47. The quantitative estimate of drug-likeness (QED) is 0.0224. The van der Waals surface area contributed by atoms with E-state index in [2.05, 4.69) is 23.8 Å². The minimum atomic E-state index is -4.36. The van der Waals surface area contributed by atoms with Gasteiger partial charge in [-0.2, -0.15) is 0 Å². The molecule has 0 rings (SSSR count). The molecule has 0 saturated heterocycles. The molecule has 0 aromatic carbocycles. The first-order valence-electron chi connectivity index (χ1n) is 19.4. The minimum Gasteiger partial charge on any atom is -0.463 e. The Balaban J connectivity index is 5.19. The van der Waals surface area contributed by atoms with Gasteiger partial charge in [0.1, 0.15) is 48.8 Å². The number of carbonyl (C=O) groups excluding carboxylic acids is 7. The van der Waals surface area contributed by atoms with Crippen molar-refractivity contribution >= 4 is 57.1 Å². The number of ketones is 2. The van der Waals surface area contributed by atoms with Crippen LogP contribution >= 0.6 is 15.6 Å². The van der Waals surface area contributed by atoms with E-state index in [0.717, 1.165) is 0 Å². The zero-order valence-corrected chi connectivity index (χ0v) is 37.9. The molecule has 23 nitrogen and oxygen atoms in total. The summed E-state index contributed by atoms with van der Waals surface area (Å²) >= 11 is 0. The third-order valence-corrected chi connectivity index (χ3v) is 9.73. The topological polar surface area (TPSA) is 288 Å². The maximum Gasteiger partial charge on any atom is 0.475 e. The molecule has 62 heavy (non-hydrogen) atoms. The molecule has 25 heteroatoms. The van der Waals surface area contributed by atoms with Gasteiger partial charge in [0.15, 0.2) is 0 Å². The van der Waals surface area contributed by atoms with E-state index >= 15 is 0 Å². The van der Waals surface area contributed by atoms with Crippen LogP contribution < -0.4 is 10.6 Å². The van der Waals surface area contributed by atoms with Crippen LogP contribution in [0.25, 0.3) is 0 Å². The van der Waals surface area contributed by atoms with Crippen molar-refractivity contribution in [1.82, 2.24) is 10.6 Å². The Morgan fingerprint density at radius 1 is 0.532 bits per heavy atom. The van der Waals surface area contributed by atoms with E-state index in [4.69, 9.17) is 55.6 Å². The molecule has 0 aromatic rings. The predicted molar refractivity (Wildman–Crippen MR) is 216 cm³/mol. The van der Waals surface area contributed by atoms with Crippen LogP contribution in [0.4, 0.5) is 4.79 Å². The highest BCUT2D eigenvalue weighted by atomic mass is 31.2. The maximum atomic E-state index is 13.3. The van der Waals surface area contributed by atoms with Gasteiger partial charge in [0.25, 0.3) is 0 Å². The number of Topliss-reactive ketones (excluding diaryl/α,β-unsaturated/α-hetero) is 2. The number of phosphoric acid groups is 2. The summed E-state index contributed by atoms with van der Waals surface area (Å²) in [4.78, 5) is 81.9. The minimum absolute atomic E-state index is 0.0911. The SMILES string of the molecule is C=CCOP(=O)(OCCNC(=O)NCCOP(=O)(OCC=C)OC[C@@H](COCC[C@@H](C)OC(C)=O)OC(=O)CC(C)=O)OC[C@@H](COCC[C@@H](C)OC(C)=O)OC(=O)CC(C)=O. The van der Waals surface area contributed by atoms with Crippen molar-refractivity contribution in [3.8, 4) is 0 Å². The fourth-order valence-corrected chi connectivity index (χ4v) is 6.62. The van der Waals surface area contributed by atoms with E-state index < -0.39 is 121 Å². The van der Waals surface area contributed by atoms with Crippen LogP contribution in [0.5, 0.6) is 0 Å². The van der Waals surface area contributed by atoms with Gasteiger partial charge in [0, 0.05) is 39.8 Å². The highest BCUT2D eigenvalue weighted by molar-refractivity contribution is 7.48.